The summed E-state index contributed by atoms with van der Waals surface area (Å²) in [6.45, 7) is 0. The lowest BCUT2D eigenvalue weighted by Crippen LogP contribution is -1.76. The molecule has 2 rings (SSSR count). The number of hydrogen-bond donors (Lipinski definition) is 0. The van der Waals surface area contributed by atoms with Crippen LogP contribution in [0.15, 0.2) is 30.3 Å². The van der Waals surface area contributed by atoms with Crippen molar-refractivity contribution in [2.75, 3.05) is 0 Å². The van der Waals surface area contributed by atoms with Gasteiger partial charge >= 0.3 is 0 Å². The van der Waals surface area contributed by atoms with Gasteiger partial charge in [0.25, 0.3) is 0 Å². The highest BCUT2D eigenvalue weighted by Gasteiger charge is 2.08. The lowest BCUT2D eigenvalue weighted by molar-refractivity contribution is 1.47. The van der Waals surface area contributed by atoms with Crippen LogP contribution >= 0.6 is 23.1 Å². The number of nitrogens with zero attached hydrogens (tertiary/aromatic N) is 2. The molecule has 0 atom stereocenters. The summed E-state index contributed by atoms with van der Waals surface area (Å²) in [5.41, 5.74) is 1.26. The Kier molecular flexibility index (Phi) is 3.22. The van der Waals surface area contributed by atoms with Crippen molar-refractivity contribution >= 4 is 23.1 Å². The smallest absolute Gasteiger partial charge is 0.161 e. The van der Waals surface area contributed by atoms with E-state index in [1.165, 1.54) is 0 Å². The predicted molar refractivity (Wildman–Crippen MR) is 64.3 cm³/mol. The molecule has 1 aromatic carbocycles. The second-order valence-electron chi connectivity index (χ2n) is 2.91. The Morgan fingerprint density at radius 3 is 2.62 bits per heavy atom. The van der Waals surface area contributed by atoms with Gasteiger partial charge < -0.3 is 0 Å². The third-order valence-corrected chi connectivity index (χ3v) is 2.99. The van der Waals surface area contributed by atoms with E-state index in [2.05, 4.69) is 16.2 Å². The van der Waals surface area contributed by atoms with Crippen LogP contribution < -0.4 is 0 Å². The van der Waals surface area contributed by atoms with E-state index < -0.39 is 0 Å². The molecule has 0 amide bonds. The number of rotatable bonds is 0. The minimum Gasteiger partial charge on any atom is -0.192 e. The third-order valence-electron chi connectivity index (χ3n) is 1.86. The quantitative estimate of drug-likeness (QED) is 0.668. The van der Waals surface area contributed by atoms with Crippen LogP contribution in [0.2, 0.25) is 5.15 Å². The molecule has 0 fully saturated rings. The molecule has 2 nitrogen and oxygen atoms in total. The molecule has 0 saturated heterocycles. The molecule has 0 spiro atoms. The second kappa shape index (κ2) is 4.81. The van der Waals surface area contributed by atoms with Crippen LogP contribution in [0.1, 0.15) is 16.0 Å². The van der Waals surface area contributed by atoms with Gasteiger partial charge in [0.2, 0.25) is 0 Å². The van der Waals surface area contributed by atoms with Crippen molar-refractivity contribution in [3.63, 3.8) is 0 Å². The summed E-state index contributed by atoms with van der Waals surface area (Å²) in [5, 5.41) is 9.08. The standard InChI is InChI=1S/C12H5ClN2S/c13-12-10(8-14)11(16-15-12)7-6-9-4-2-1-3-5-9/h1-5H. The molecule has 0 aliphatic heterocycles. The Hall–Kier alpha value is -1.81. The average molecular weight is 245 g/mol. The van der Waals surface area contributed by atoms with E-state index in [0.717, 1.165) is 17.1 Å². The van der Waals surface area contributed by atoms with E-state index in [0.29, 0.717) is 10.4 Å². The van der Waals surface area contributed by atoms with E-state index in [4.69, 9.17) is 16.9 Å². The first-order chi connectivity index (χ1) is 7.81. The van der Waals surface area contributed by atoms with Crippen LogP contribution in [0.3, 0.4) is 0 Å². The van der Waals surface area contributed by atoms with Crippen LogP contribution in [0.25, 0.3) is 0 Å². The molecule has 16 heavy (non-hydrogen) atoms. The maximum absolute atomic E-state index is 8.85. The number of halogens is 1. The molecular formula is C12H5ClN2S. The molecule has 0 aliphatic carbocycles. The zero-order valence-corrected chi connectivity index (χ0v) is 9.64. The minimum atomic E-state index is 0.227. The van der Waals surface area contributed by atoms with Gasteiger partial charge in [0, 0.05) is 5.56 Å². The maximum Gasteiger partial charge on any atom is 0.161 e. The summed E-state index contributed by atoms with van der Waals surface area (Å²) in [7, 11) is 0. The zero-order chi connectivity index (χ0) is 11.4. The highest BCUT2D eigenvalue weighted by atomic mass is 35.5. The van der Waals surface area contributed by atoms with Gasteiger partial charge in [0.15, 0.2) is 5.15 Å². The van der Waals surface area contributed by atoms with Crippen molar-refractivity contribution in [1.29, 1.82) is 5.26 Å². The summed E-state index contributed by atoms with van der Waals surface area (Å²) in [6, 6.07) is 11.6. The molecule has 0 radical (unpaired) electrons. The molecule has 0 saturated carbocycles. The molecule has 2 aromatic rings. The van der Waals surface area contributed by atoms with Gasteiger partial charge in [-0.3, -0.25) is 0 Å². The summed E-state index contributed by atoms with van der Waals surface area (Å²) in [6.07, 6.45) is 0. The summed E-state index contributed by atoms with van der Waals surface area (Å²) < 4.78 is 3.88. The minimum absolute atomic E-state index is 0.227. The molecule has 0 aliphatic rings. The van der Waals surface area contributed by atoms with E-state index in [1.54, 1.807) is 0 Å². The van der Waals surface area contributed by atoms with Gasteiger partial charge in [-0.25, -0.2) is 0 Å². The fourth-order valence-corrected chi connectivity index (χ4v) is 1.99. The fourth-order valence-electron chi connectivity index (χ4n) is 1.10. The number of nitriles is 1. The SMILES string of the molecule is N#Cc1c(Cl)nsc1C#Cc1ccccc1. The molecule has 1 aromatic heterocycles. The first kappa shape index (κ1) is 10.7. The second-order valence-corrected chi connectivity index (χ2v) is 4.04. The Morgan fingerprint density at radius 2 is 1.94 bits per heavy atom. The summed E-state index contributed by atoms with van der Waals surface area (Å²) >= 11 is 6.88. The zero-order valence-electron chi connectivity index (χ0n) is 8.07. The summed E-state index contributed by atoms with van der Waals surface area (Å²) in [5.74, 6) is 5.86. The summed E-state index contributed by atoms with van der Waals surface area (Å²) in [4.78, 5) is 0.608. The predicted octanol–water partition coefficient (Wildman–Crippen LogP) is 3.07. The largest absolute Gasteiger partial charge is 0.192 e. The normalized spacial score (nSPS) is 9.00. The molecule has 1 heterocycles. The van der Waals surface area contributed by atoms with Gasteiger partial charge in [0.05, 0.1) is 0 Å². The molecule has 0 bridgehead atoms. The molecule has 0 unspecified atom stereocenters. The maximum atomic E-state index is 8.85. The van der Waals surface area contributed by atoms with Gasteiger partial charge in [0.1, 0.15) is 16.5 Å². The van der Waals surface area contributed by atoms with Gasteiger partial charge in [-0.05, 0) is 29.6 Å². The molecule has 0 N–H and O–H groups in total. The van der Waals surface area contributed by atoms with Gasteiger partial charge in [-0.2, -0.15) is 9.64 Å². The third kappa shape index (κ3) is 2.23. The van der Waals surface area contributed by atoms with Crippen molar-refractivity contribution < 1.29 is 0 Å². The highest BCUT2D eigenvalue weighted by Crippen LogP contribution is 2.21. The highest BCUT2D eigenvalue weighted by molar-refractivity contribution is 7.07. The van der Waals surface area contributed by atoms with Crippen LogP contribution in [0.5, 0.6) is 0 Å². The topological polar surface area (TPSA) is 36.7 Å². The van der Waals surface area contributed by atoms with E-state index in [1.807, 2.05) is 36.4 Å². The van der Waals surface area contributed by atoms with Crippen molar-refractivity contribution in [1.82, 2.24) is 4.37 Å². The molecule has 4 heteroatoms. The Balaban J connectivity index is 2.36. The van der Waals surface area contributed by atoms with Crippen molar-refractivity contribution in [3.05, 3.63) is 51.5 Å². The first-order valence-electron chi connectivity index (χ1n) is 4.43. The Morgan fingerprint density at radius 1 is 1.19 bits per heavy atom. The lowest BCUT2D eigenvalue weighted by atomic mass is 10.2. The van der Waals surface area contributed by atoms with E-state index >= 15 is 0 Å². The van der Waals surface area contributed by atoms with Crippen LogP contribution in [0.4, 0.5) is 0 Å². The van der Waals surface area contributed by atoms with Gasteiger partial charge in [-0.1, -0.05) is 35.7 Å². The first-order valence-corrected chi connectivity index (χ1v) is 5.58. The number of aromatic nitrogens is 1. The van der Waals surface area contributed by atoms with Crippen molar-refractivity contribution in [2.45, 2.75) is 0 Å². The van der Waals surface area contributed by atoms with Crippen molar-refractivity contribution in [2.24, 2.45) is 0 Å². The lowest BCUT2D eigenvalue weighted by Gasteiger charge is -1.86. The Labute approximate surface area is 102 Å². The number of benzene rings is 1. The van der Waals surface area contributed by atoms with Crippen LogP contribution in [-0.2, 0) is 0 Å². The number of hydrogen-bond acceptors (Lipinski definition) is 3. The Bertz CT molecular complexity index is 599. The molecule has 76 valence electrons. The molecular weight excluding hydrogens is 240 g/mol. The van der Waals surface area contributed by atoms with Crippen molar-refractivity contribution in [3.8, 4) is 17.9 Å². The van der Waals surface area contributed by atoms with Crippen LogP contribution in [-0.4, -0.2) is 4.37 Å². The van der Waals surface area contributed by atoms with E-state index in [9.17, 15) is 0 Å². The van der Waals surface area contributed by atoms with E-state index in [-0.39, 0.29) is 5.15 Å². The fraction of sp³-hybridized carbons (Fsp3) is 0. The van der Waals surface area contributed by atoms with Gasteiger partial charge in [-0.15, -0.1) is 0 Å². The average Bonchev–Trinajstić information content (AvgIpc) is 2.68. The monoisotopic (exact) mass is 244 g/mol. The van der Waals surface area contributed by atoms with Crippen LogP contribution in [0, 0.1) is 23.2 Å².